The summed E-state index contributed by atoms with van der Waals surface area (Å²) in [6, 6.07) is 4.61. The van der Waals surface area contributed by atoms with Gasteiger partial charge in [-0.15, -0.1) is 0 Å². The molecule has 1 saturated carbocycles. The Labute approximate surface area is 179 Å². The van der Waals surface area contributed by atoms with Crippen molar-refractivity contribution in [2.75, 3.05) is 6.54 Å². The second-order valence-electron chi connectivity index (χ2n) is 10.2. The summed E-state index contributed by atoms with van der Waals surface area (Å²) in [6.45, 7) is 13.9. The largest absolute Gasteiger partial charge is 0.423 e. The van der Waals surface area contributed by atoms with Crippen LogP contribution in [-0.2, 0) is 9.59 Å². The van der Waals surface area contributed by atoms with Crippen molar-refractivity contribution in [1.29, 1.82) is 0 Å². The summed E-state index contributed by atoms with van der Waals surface area (Å²) >= 11 is 0. The SMILES string of the molecule is CC(C)CC(=O)Oc1ccc(C(=O)CNC(C)(C)C)cc1OC(=O)C1(C)CC(C)C1. The molecule has 0 atom stereocenters. The summed E-state index contributed by atoms with van der Waals surface area (Å²) in [5, 5.41) is 3.15. The Bertz CT molecular complexity index is 800. The maximum absolute atomic E-state index is 12.8. The van der Waals surface area contributed by atoms with Crippen molar-refractivity contribution in [3.63, 3.8) is 0 Å². The van der Waals surface area contributed by atoms with Crippen LogP contribution < -0.4 is 14.8 Å². The first-order valence-corrected chi connectivity index (χ1v) is 10.6. The minimum atomic E-state index is -0.549. The third kappa shape index (κ3) is 6.66. The monoisotopic (exact) mass is 417 g/mol. The second-order valence-corrected chi connectivity index (χ2v) is 10.2. The number of nitrogens with one attached hydrogen (secondary N) is 1. The Kier molecular flexibility index (Phi) is 7.45. The molecule has 1 fully saturated rings. The van der Waals surface area contributed by atoms with Gasteiger partial charge in [0.1, 0.15) is 0 Å². The van der Waals surface area contributed by atoms with Crippen LogP contribution in [0.25, 0.3) is 0 Å². The minimum absolute atomic E-state index is 0.111. The normalized spacial score (nSPS) is 21.1. The van der Waals surface area contributed by atoms with Gasteiger partial charge in [-0.3, -0.25) is 14.4 Å². The Balaban J connectivity index is 2.24. The molecule has 0 unspecified atom stereocenters. The van der Waals surface area contributed by atoms with Crippen LogP contribution in [0.5, 0.6) is 11.5 Å². The van der Waals surface area contributed by atoms with Crippen molar-refractivity contribution in [3.05, 3.63) is 23.8 Å². The van der Waals surface area contributed by atoms with Gasteiger partial charge in [-0.05, 0) is 70.6 Å². The lowest BCUT2D eigenvalue weighted by Gasteiger charge is -2.41. The van der Waals surface area contributed by atoms with Crippen LogP contribution in [0.1, 0.15) is 78.1 Å². The molecule has 0 aliphatic heterocycles. The molecule has 0 bridgehead atoms. The van der Waals surface area contributed by atoms with Crippen molar-refractivity contribution in [2.45, 2.75) is 73.3 Å². The number of hydrogen-bond donors (Lipinski definition) is 1. The summed E-state index contributed by atoms with van der Waals surface area (Å²) < 4.78 is 11.1. The van der Waals surface area contributed by atoms with Gasteiger partial charge in [0, 0.05) is 17.5 Å². The molecule has 1 aromatic rings. The summed E-state index contributed by atoms with van der Waals surface area (Å²) in [5.41, 5.74) is -0.357. The Morgan fingerprint density at radius 2 is 1.77 bits per heavy atom. The van der Waals surface area contributed by atoms with E-state index in [4.69, 9.17) is 9.47 Å². The second kappa shape index (κ2) is 9.29. The summed E-state index contributed by atoms with van der Waals surface area (Å²) in [5.74, 6) is -0.0144. The van der Waals surface area contributed by atoms with E-state index in [0.717, 1.165) is 12.8 Å². The highest BCUT2D eigenvalue weighted by Gasteiger charge is 2.45. The Hall–Kier alpha value is -2.21. The van der Waals surface area contributed by atoms with E-state index in [-0.39, 0.29) is 47.7 Å². The van der Waals surface area contributed by atoms with Crippen LogP contribution in [-0.4, -0.2) is 29.8 Å². The van der Waals surface area contributed by atoms with Gasteiger partial charge in [-0.2, -0.15) is 0 Å². The van der Waals surface area contributed by atoms with Gasteiger partial charge in [0.2, 0.25) is 0 Å². The van der Waals surface area contributed by atoms with Gasteiger partial charge < -0.3 is 14.8 Å². The predicted molar refractivity (Wildman–Crippen MR) is 116 cm³/mol. The number of ether oxygens (including phenoxy) is 2. The first-order valence-electron chi connectivity index (χ1n) is 10.6. The number of hydrogen-bond acceptors (Lipinski definition) is 6. The molecule has 1 aliphatic carbocycles. The van der Waals surface area contributed by atoms with Crippen molar-refractivity contribution >= 4 is 17.7 Å². The van der Waals surface area contributed by atoms with Crippen molar-refractivity contribution in [2.24, 2.45) is 17.3 Å². The van der Waals surface area contributed by atoms with E-state index in [1.54, 1.807) is 6.07 Å². The van der Waals surface area contributed by atoms with E-state index < -0.39 is 11.4 Å². The van der Waals surface area contributed by atoms with Crippen molar-refractivity contribution in [1.82, 2.24) is 5.32 Å². The molecule has 2 rings (SSSR count). The number of rotatable bonds is 8. The molecule has 0 radical (unpaired) electrons. The molecule has 166 valence electrons. The van der Waals surface area contributed by atoms with Crippen LogP contribution in [0.15, 0.2) is 18.2 Å². The molecule has 1 aliphatic rings. The Morgan fingerprint density at radius 3 is 2.30 bits per heavy atom. The first kappa shape index (κ1) is 24.1. The number of ketones is 1. The molecule has 1 aromatic carbocycles. The van der Waals surface area contributed by atoms with Crippen LogP contribution in [0.2, 0.25) is 0 Å². The molecule has 0 saturated heterocycles. The fourth-order valence-corrected chi connectivity index (χ4v) is 3.66. The van der Waals surface area contributed by atoms with Gasteiger partial charge in [-0.25, -0.2) is 0 Å². The summed E-state index contributed by atoms with van der Waals surface area (Å²) in [6.07, 6.45) is 1.75. The molecule has 0 heterocycles. The maximum Gasteiger partial charge on any atom is 0.317 e. The zero-order valence-corrected chi connectivity index (χ0v) is 19.3. The molecule has 0 aromatic heterocycles. The van der Waals surface area contributed by atoms with E-state index in [9.17, 15) is 14.4 Å². The average Bonchev–Trinajstić information content (AvgIpc) is 2.58. The van der Waals surface area contributed by atoms with E-state index in [1.807, 2.05) is 41.5 Å². The number of carbonyl (C=O) groups is 3. The number of Topliss-reactive ketones (excluding diaryl/α,β-unsaturated/α-hetero) is 1. The van der Waals surface area contributed by atoms with Crippen LogP contribution in [0.4, 0.5) is 0 Å². The molecule has 1 N–H and O–H groups in total. The standard InChI is InChI=1S/C24H35NO5/c1-15(2)10-21(27)29-19-9-8-17(18(26)14-25-23(4,5)6)11-20(19)30-22(28)24(7)12-16(3)13-24/h8-9,11,15-16,25H,10,12-14H2,1-7H3. The van der Waals surface area contributed by atoms with Gasteiger partial charge >= 0.3 is 11.9 Å². The first-order chi connectivity index (χ1) is 13.8. The smallest absolute Gasteiger partial charge is 0.317 e. The molecule has 6 nitrogen and oxygen atoms in total. The van der Waals surface area contributed by atoms with Crippen LogP contribution >= 0.6 is 0 Å². The van der Waals surface area contributed by atoms with E-state index in [2.05, 4.69) is 12.2 Å². The molecule has 30 heavy (non-hydrogen) atoms. The molecule has 0 spiro atoms. The molecule has 6 heteroatoms. The lowest BCUT2D eigenvalue weighted by Crippen LogP contribution is -2.42. The fraction of sp³-hybridized carbons (Fsp3) is 0.625. The van der Waals surface area contributed by atoms with Crippen molar-refractivity contribution in [3.8, 4) is 11.5 Å². The highest BCUT2D eigenvalue weighted by atomic mass is 16.6. The van der Waals surface area contributed by atoms with Gasteiger partial charge in [-0.1, -0.05) is 20.8 Å². The lowest BCUT2D eigenvalue weighted by molar-refractivity contribution is -0.153. The minimum Gasteiger partial charge on any atom is -0.423 e. The van der Waals surface area contributed by atoms with Gasteiger partial charge in [0.25, 0.3) is 0 Å². The predicted octanol–water partition coefficient (Wildman–Crippen LogP) is 4.55. The molecule has 0 amide bonds. The molecular formula is C24H35NO5. The number of benzene rings is 1. The maximum atomic E-state index is 12.8. The number of carbonyl (C=O) groups excluding carboxylic acids is 3. The van der Waals surface area contributed by atoms with Crippen LogP contribution in [0.3, 0.4) is 0 Å². The van der Waals surface area contributed by atoms with Gasteiger partial charge in [0.15, 0.2) is 17.3 Å². The third-order valence-corrected chi connectivity index (χ3v) is 5.14. The Morgan fingerprint density at radius 1 is 1.13 bits per heavy atom. The van der Waals surface area contributed by atoms with Crippen LogP contribution in [0, 0.1) is 17.3 Å². The van der Waals surface area contributed by atoms with E-state index in [1.165, 1.54) is 12.1 Å². The van der Waals surface area contributed by atoms with E-state index >= 15 is 0 Å². The van der Waals surface area contributed by atoms with Gasteiger partial charge in [0.05, 0.1) is 12.0 Å². The van der Waals surface area contributed by atoms with E-state index in [0.29, 0.717) is 11.5 Å². The lowest BCUT2D eigenvalue weighted by atomic mass is 9.64. The highest BCUT2D eigenvalue weighted by molar-refractivity contribution is 5.98. The zero-order valence-electron chi connectivity index (χ0n) is 19.3. The topological polar surface area (TPSA) is 81.7 Å². The quantitative estimate of drug-likeness (QED) is 0.380. The third-order valence-electron chi connectivity index (χ3n) is 5.14. The average molecular weight is 418 g/mol. The summed E-state index contributed by atoms with van der Waals surface area (Å²) in [4.78, 5) is 37.5. The van der Waals surface area contributed by atoms with Crippen molar-refractivity contribution < 1.29 is 23.9 Å². The number of esters is 2. The zero-order chi connectivity index (χ0) is 22.7. The highest BCUT2D eigenvalue weighted by Crippen LogP contribution is 2.46. The summed E-state index contributed by atoms with van der Waals surface area (Å²) in [7, 11) is 0. The fourth-order valence-electron chi connectivity index (χ4n) is 3.66. The molecular weight excluding hydrogens is 382 g/mol.